The first-order valence-corrected chi connectivity index (χ1v) is 4.17. The van der Waals surface area contributed by atoms with Crippen LogP contribution in [0.5, 0.6) is 0 Å². The predicted octanol–water partition coefficient (Wildman–Crippen LogP) is 2.50. The van der Waals surface area contributed by atoms with Gasteiger partial charge in [-0.2, -0.15) is 5.10 Å². The van der Waals surface area contributed by atoms with Crippen molar-refractivity contribution in [1.82, 2.24) is 9.78 Å². The molecular weight excluding hydrogens is 160 g/mol. The van der Waals surface area contributed by atoms with E-state index in [0.29, 0.717) is 5.92 Å². The summed E-state index contributed by atoms with van der Waals surface area (Å²) in [4.78, 5) is 0. The maximum atomic E-state index is 5.83. The van der Waals surface area contributed by atoms with Crippen molar-refractivity contribution < 1.29 is 0 Å². The topological polar surface area (TPSA) is 17.8 Å². The monoisotopic (exact) mass is 172 g/mol. The second-order valence-corrected chi connectivity index (χ2v) is 3.59. The van der Waals surface area contributed by atoms with E-state index in [9.17, 15) is 0 Å². The van der Waals surface area contributed by atoms with Crippen LogP contribution in [0.2, 0.25) is 5.02 Å². The number of hydrogen-bond acceptors (Lipinski definition) is 1. The average Bonchev–Trinajstić information content (AvgIpc) is 2.10. The number of hydrogen-bond donors (Lipinski definition) is 0. The zero-order chi connectivity index (χ0) is 8.43. The van der Waals surface area contributed by atoms with Gasteiger partial charge in [-0.3, -0.25) is 4.68 Å². The molecule has 1 aromatic heterocycles. The summed E-state index contributed by atoms with van der Waals surface area (Å²) >= 11 is 5.83. The van der Waals surface area contributed by atoms with Gasteiger partial charge in [0.05, 0.1) is 10.7 Å². The fraction of sp³-hybridized carbons (Fsp3) is 0.625. The van der Waals surface area contributed by atoms with Crippen molar-refractivity contribution >= 4 is 11.6 Å². The molecule has 3 heteroatoms. The zero-order valence-corrected chi connectivity index (χ0v) is 7.89. The highest BCUT2D eigenvalue weighted by Crippen LogP contribution is 2.12. The van der Waals surface area contributed by atoms with Gasteiger partial charge in [-0.05, 0) is 12.8 Å². The standard InChI is InChI=1S/C8H13ClN2/c1-6(2)4-11-5-8(9)7(3)10-11/h5-6H,4H2,1-3H3. The summed E-state index contributed by atoms with van der Waals surface area (Å²) in [6.07, 6.45) is 1.87. The number of halogens is 1. The molecule has 1 heterocycles. The van der Waals surface area contributed by atoms with Crippen LogP contribution >= 0.6 is 11.6 Å². The first-order valence-electron chi connectivity index (χ1n) is 3.79. The normalized spacial score (nSPS) is 11.0. The van der Waals surface area contributed by atoms with Crippen molar-refractivity contribution in [3.63, 3.8) is 0 Å². The molecule has 2 nitrogen and oxygen atoms in total. The molecule has 0 bridgehead atoms. The highest BCUT2D eigenvalue weighted by molar-refractivity contribution is 6.31. The van der Waals surface area contributed by atoms with Gasteiger partial charge >= 0.3 is 0 Å². The maximum Gasteiger partial charge on any atom is 0.0814 e. The number of rotatable bonds is 2. The number of aryl methyl sites for hydroxylation is 1. The zero-order valence-electron chi connectivity index (χ0n) is 7.13. The third-order valence-corrected chi connectivity index (χ3v) is 1.81. The molecule has 11 heavy (non-hydrogen) atoms. The molecule has 62 valence electrons. The average molecular weight is 173 g/mol. The van der Waals surface area contributed by atoms with E-state index in [2.05, 4.69) is 18.9 Å². The van der Waals surface area contributed by atoms with Gasteiger partial charge in [-0.15, -0.1) is 0 Å². The molecule has 1 rings (SSSR count). The summed E-state index contributed by atoms with van der Waals surface area (Å²) in [7, 11) is 0. The van der Waals surface area contributed by atoms with E-state index in [-0.39, 0.29) is 0 Å². The molecule has 0 aliphatic rings. The van der Waals surface area contributed by atoms with Crippen LogP contribution < -0.4 is 0 Å². The second kappa shape index (κ2) is 3.26. The number of nitrogens with zero attached hydrogens (tertiary/aromatic N) is 2. The van der Waals surface area contributed by atoms with E-state index in [1.165, 1.54) is 0 Å². The number of aromatic nitrogens is 2. The minimum Gasteiger partial charge on any atom is -0.271 e. The Balaban J connectivity index is 2.73. The van der Waals surface area contributed by atoms with Gasteiger partial charge in [0.1, 0.15) is 0 Å². The fourth-order valence-corrected chi connectivity index (χ4v) is 1.11. The van der Waals surface area contributed by atoms with E-state index < -0.39 is 0 Å². The van der Waals surface area contributed by atoms with Crippen LogP contribution in [0.25, 0.3) is 0 Å². The van der Waals surface area contributed by atoms with Crippen LogP contribution in [0, 0.1) is 12.8 Å². The molecule has 0 radical (unpaired) electrons. The van der Waals surface area contributed by atoms with Crippen molar-refractivity contribution in [3.8, 4) is 0 Å². The molecule has 0 amide bonds. The van der Waals surface area contributed by atoms with E-state index in [1.807, 2.05) is 17.8 Å². The first-order chi connectivity index (χ1) is 5.09. The molecule has 0 aromatic carbocycles. The molecule has 1 aromatic rings. The molecule has 0 saturated heterocycles. The fourth-order valence-electron chi connectivity index (χ4n) is 0.961. The predicted molar refractivity (Wildman–Crippen MR) is 46.8 cm³/mol. The van der Waals surface area contributed by atoms with Crippen molar-refractivity contribution in [2.45, 2.75) is 27.3 Å². The molecule has 0 aliphatic heterocycles. The van der Waals surface area contributed by atoms with Crippen LogP contribution in [-0.2, 0) is 6.54 Å². The van der Waals surface area contributed by atoms with Gasteiger partial charge in [-0.1, -0.05) is 25.4 Å². The molecule has 0 aliphatic carbocycles. The Labute approximate surface area is 72.2 Å². The third-order valence-electron chi connectivity index (χ3n) is 1.44. The van der Waals surface area contributed by atoms with Gasteiger partial charge in [0, 0.05) is 12.7 Å². The van der Waals surface area contributed by atoms with E-state index in [0.717, 1.165) is 17.3 Å². The van der Waals surface area contributed by atoms with Crippen molar-refractivity contribution in [2.24, 2.45) is 5.92 Å². The van der Waals surface area contributed by atoms with Crippen molar-refractivity contribution in [1.29, 1.82) is 0 Å². The lowest BCUT2D eigenvalue weighted by molar-refractivity contribution is 0.481. The molecule has 0 fully saturated rings. The lowest BCUT2D eigenvalue weighted by atomic mass is 10.2. The largest absolute Gasteiger partial charge is 0.271 e. The molecule has 0 N–H and O–H groups in total. The smallest absolute Gasteiger partial charge is 0.0814 e. The minimum atomic E-state index is 0.616. The van der Waals surface area contributed by atoms with Crippen molar-refractivity contribution in [2.75, 3.05) is 0 Å². The molecule has 0 spiro atoms. The Kier molecular flexibility index (Phi) is 2.55. The molecular formula is C8H13ClN2. The van der Waals surface area contributed by atoms with E-state index in [4.69, 9.17) is 11.6 Å². The Morgan fingerprint density at radius 2 is 2.27 bits per heavy atom. The summed E-state index contributed by atoms with van der Waals surface area (Å²) in [6, 6.07) is 0. The van der Waals surface area contributed by atoms with Crippen LogP contribution in [0.15, 0.2) is 6.20 Å². The van der Waals surface area contributed by atoms with E-state index >= 15 is 0 Å². The maximum absolute atomic E-state index is 5.83. The van der Waals surface area contributed by atoms with Crippen LogP contribution in [0.4, 0.5) is 0 Å². The quantitative estimate of drug-likeness (QED) is 0.671. The third kappa shape index (κ3) is 2.22. The van der Waals surface area contributed by atoms with E-state index in [1.54, 1.807) is 0 Å². The Morgan fingerprint density at radius 3 is 2.64 bits per heavy atom. The summed E-state index contributed by atoms with van der Waals surface area (Å²) in [5.41, 5.74) is 0.910. The molecule has 0 saturated carbocycles. The Morgan fingerprint density at radius 1 is 1.64 bits per heavy atom. The van der Waals surface area contributed by atoms with Gasteiger partial charge in [0.25, 0.3) is 0 Å². The summed E-state index contributed by atoms with van der Waals surface area (Å²) < 4.78 is 1.89. The molecule has 0 unspecified atom stereocenters. The lowest BCUT2D eigenvalue weighted by Crippen LogP contribution is -2.04. The van der Waals surface area contributed by atoms with Crippen LogP contribution in [0.3, 0.4) is 0 Å². The molecule has 0 atom stereocenters. The van der Waals surface area contributed by atoms with Crippen LogP contribution in [0.1, 0.15) is 19.5 Å². The second-order valence-electron chi connectivity index (χ2n) is 3.18. The van der Waals surface area contributed by atoms with Crippen LogP contribution in [-0.4, -0.2) is 9.78 Å². The lowest BCUT2D eigenvalue weighted by Gasteiger charge is -2.02. The highest BCUT2D eigenvalue weighted by atomic mass is 35.5. The SMILES string of the molecule is Cc1nn(CC(C)C)cc1Cl. The Bertz CT molecular complexity index is 221. The Hall–Kier alpha value is -0.500. The highest BCUT2D eigenvalue weighted by Gasteiger charge is 2.02. The first kappa shape index (κ1) is 8.60. The summed E-state index contributed by atoms with van der Waals surface area (Å²) in [5.74, 6) is 0.616. The summed E-state index contributed by atoms with van der Waals surface area (Å²) in [5, 5.41) is 4.99. The van der Waals surface area contributed by atoms with Gasteiger partial charge < -0.3 is 0 Å². The van der Waals surface area contributed by atoms with Gasteiger partial charge in [0.2, 0.25) is 0 Å². The minimum absolute atomic E-state index is 0.616. The van der Waals surface area contributed by atoms with Gasteiger partial charge in [0.15, 0.2) is 0 Å². The van der Waals surface area contributed by atoms with Crippen molar-refractivity contribution in [3.05, 3.63) is 16.9 Å². The summed E-state index contributed by atoms with van der Waals surface area (Å²) in [6.45, 7) is 7.17. The van der Waals surface area contributed by atoms with Gasteiger partial charge in [-0.25, -0.2) is 0 Å².